The standard InChI is InChI=1S/C26H26F2N4O4/c1-36-16-12-18(27)22(19(28)13-16)17-14-32(10-11-33)24(34)23(17)30-25(35)31-26(8-9-26)21-7-6-15-4-2-3-5-20(15)29-21/h2-7,12-13,17,23,33H,8-11,14H2,1H3,(H2,30,31,35)/t17-,23-/m0/s1. The number of carbonyl (C=O) groups is 2. The fraction of sp³-hybridized carbons (Fsp3) is 0.346. The molecule has 0 radical (unpaired) electrons. The Morgan fingerprint density at radius 2 is 1.92 bits per heavy atom. The first-order valence-corrected chi connectivity index (χ1v) is 11.7. The number of aromatic nitrogens is 1. The summed E-state index contributed by atoms with van der Waals surface area (Å²) in [7, 11) is 1.29. The summed E-state index contributed by atoms with van der Waals surface area (Å²) in [6.07, 6.45) is 1.35. The van der Waals surface area contributed by atoms with Gasteiger partial charge in [-0.1, -0.05) is 24.3 Å². The largest absolute Gasteiger partial charge is 0.497 e. The first-order valence-electron chi connectivity index (χ1n) is 11.7. The third kappa shape index (κ3) is 4.32. The number of hydrogen-bond acceptors (Lipinski definition) is 5. The van der Waals surface area contributed by atoms with Crippen LogP contribution in [0.25, 0.3) is 10.9 Å². The molecular formula is C26H26F2N4O4. The van der Waals surface area contributed by atoms with Gasteiger partial charge in [-0.15, -0.1) is 0 Å². The number of aliphatic hydroxyl groups excluding tert-OH is 1. The summed E-state index contributed by atoms with van der Waals surface area (Å²) in [6, 6.07) is 11.7. The summed E-state index contributed by atoms with van der Waals surface area (Å²) in [5.41, 5.74) is 0.527. The summed E-state index contributed by atoms with van der Waals surface area (Å²) >= 11 is 0. The van der Waals surface area contributed by atoms with E-state index in [-0.39, 0.29) is 31.0 Å². The summed E-state index contributed by atoms with van der Waals surface area (Å²) in [5.74, 6) is -3.25. The molecule has 2 aromatic carbocycles. The molecule has 5 rings (SSSR count). The number of urea groups is 1. The normalized spacial score (nSPS) is 20.4. The van der Waals surface area contributed by atoms with E-state index in [0.29, 0.717) is 18.5 Å². The number of para-hydroxylation sites is 1. The van der Waals surface area contributed by atoms with Crippen LogP contribution >= 0.6 is 0 Å². The van der Waals surface area contributed by atoms with Gasteiger partial charge in [-0.25, -0.2) is 13.6 Å². The van der Waals surface area contributed by atoms with Crippen molar-refractivity contribution in [1.82, 2.24) is 20.5 Å². The van der Waals surface area contributed by atoms with Crippen molar-refractivity contribution in [3.05, 3.63) is 71.4 Å². The zero-order valence-corrected chi connectivity index (χ0v) is 19.6. The minimum atomic E-state index is -1.21. The van der Waals surface area contributed by atoms with Crippen molar-refractivity contribution < 1.29 is 28.2 Å². The number of ether oxygens (including phenoxy) is 1. The Hall–Kier alpha value is -3.79. The van der Waals surface area contributed by atoms with Gasteiger partial charge in [0.25, 0.3) is 0 Å². The second-order valence-electron chi connectivity index (χ2n) is 9.17. The van der Waals surface area contributed by atoms with Gasteiger partial charge < -0.3 is 25.4 Å². The molecule has 2 fully saturated rings. The van der Waals surface area contributed by atoms with E-state index in [9.17, 15) is 23.5 Å². The maximum absolute atomic E-state index is 14.9. The van der Waals surface area contributed by atoms with E-state index in [0.717, 1.165) is 23.0 Å². The summed E-state index contributed by atoms with van der Waals surface area (Å²) in [4.78, 5) is 32.1. The Kier molecular flexibility index (Phi) is 6.21. The van der Waals surface area contributed by atoms with Crippen molar-refractivity contribution in [3.63, 3.8) is 0 Å². The molecule has 0 spiro atoms. The molecule has 1 aliphatic heterocycles. The van der Waals surface area contributed by atoms with Crippen LogP contribution in [0, 0.1) is 11.6 Å². The van der Waals surface area contributed by atoms with E-state index in [2.05, 4.69) is 10.6 Å². The van der Waals surface area contributed by atoms with E-state index in [4.69, 9.17) is 9.72 Å². The highest BCUT2D eigenvalue weighted by Gasteiger charge is 2.49. The molecule has 188 valence electrons. The predicted octanol–water partition coefficient (Wildman–Crippen LogP) is 2.80. The Morgan fingerprint density at radius 3 is 2.58 bits per heavy atom. The number of halogens is 2. The third-order valence-electron chi connectivity index (χ3n) is 6.90. The van der Waals surface area contributed by atoms with Gasteiger partial charge in [0.2, 0.25) is 5.91 Å². The van der Waals surface area contributed by atoms with Gasteiger partial charge in [0.1, 0.15) is 23.4 Å². The number of hydrogen-bond donors (Lipinski definition) is 3. The highest BCUT2D eigenvalue weighted by Crippen LogP contribution is 2.45. The first kappa shape index (κ1) is 23.9. The molecule has 1 saturated carbocycles. The van der Waals surface area contributed by atoms with Gasteiger partial charge in [-0.05, 0) is 25.0 Å². The minimum absolute atomic E-state index is 0.00565. The fourth-order valence-electron chi connectivity index (χ4n) is 4.87. The molecule has 1 saturated heterocycles. The van der Waals surface area contributed by atoms with E-state index < -0.39 is 41.1 Å². The van der Waals surface area contributed by atoms with Crippen LogP contribution in [0.15, 0.2) is 48.5 Å². The number of nitrogens with zero attached hydrogens (tertiary/aromatic N) is 2. The van der Waals surface area contributed by atoms with Crippen LogP contribution in [0.4, 0.5) is 13.6 Å². The first-order chi connectivity index (χ1) is 17.3. The lowest BCUT2D eigenvalue weighted by Crippen LogP contribution is -2.50. The lowest BCUT2D eigenvalue weighted by Gasteiger charge is -2.23. The molecule has 8 nitrogen and oxygen atoms in total. The SMILES string of the molecule is COc1cc(F)c([C@@H]2CN(CCO)C(=O)[C@H]2NC(=O)NC2(c3ccc4ccccc4n3)CC2)c(F)c1. The van der Waals surface area contributed by atoms with Gasteiger partial charge >= 0.3 is 6.03 Å². The van der Waals surface area contributed by atoms with E-state index in [1.54, 1.807) is 0 Å². The van der Waals surface area contributed by atoms with Crippen molar-refractivity contribution in [2.24, 2.45) is 0 Å². The van der Waals surface area contributed by atoms with Crippen LogP contribution in [0.1, 0.15) is 30.0 Å². The predicted molar refractivity (Wildman–Crippen MR) is 127 cm³/mol. The molecule has 2 aliphatic rings. The number of methoxy groups -OCH3 is 1. The fourth-order valence-corrected chi connectivity index (χ4v) is 4.87. The molecule has 0 bridgehead atoms. The molecule has 0 unspecified atom stereocenters. The number of benzene rings is 2. The van der Waals surface area contributed by atoms with Crippen LogP contribution < -0.4 is 15.4 Å². The smallest absolute Gasteiger partial charge is 0.316 e. The highest BCUT2D eigenvalue weighted by atomic mass is 19.1. The van der Waals surface area contributed by atoms with Gasteiger partial charge in [0, 0.05) is 42.1 Å². The molecule has 1 aromatic heterocycles. The number of nitrogens with one attached hydrogen (secondary N) is 2. The summed E-state index contributed by atoms with van der Waals surface area (Å²) in [6.45, 7) is -0.386. The number of pyridine rings is 1. The Balaban J connectivity index is 1.39. The molecular weight excluding hydrogens is 470 g/mol. The zero-order valence-electron chi connectivity index (χ0n) is 19.6. The van der Waals surface area contributed by atoms with Gasteiger partial charge in [-0.2, -0.15) is 0 Å². The van der Waals surface area contributed by atoms with Crippen LogP contribution in [0.3, 0.4) is 0 Å². The van der Waals surface area contributed by atoms with Crippen molar-refractivity contribution in [1.29, 1.82) is 0 Å². The second-order valence-corrected chi connectivity index (χ2v) is 9.17. The Labute approximate surface area is 206 Å². The maximum atomic E-state index is 14.9. The van der Waals surface area contributed by atoms with Crippen molar-refractivity contribution in [3.8, 4) is 5.75 Å². The van der Waals surface area contributed by atoms with Gasteiger partial charge in [0.05, 0.1) is 30.5 Å². The Morgan fingerprint density at radius 1 is 1.19 bits per heavy atom. The van der Waals surface area contributed by atoms with Crippen molar-refractivity contribution >= 4 is 22.8 Å². The van der Waals surface area contributed by atoms with E-state index >= 15 is 0 Å². The van der Waals surface area contributed by atoms with Crippen LogP contribution in [-0.2, 0) is 10.3 Å². The molecule has 2 heterocycles. The average molecular weight is 497 g/mol. The Bertz CT molecular complexity index is 1310. The average Bonchev–Trinajstić information content (AvgIpc) is 3.59. The number of aliphatic hydroxyl groups is 1. The number of rotatable bonds is 7. The minimum Gasteiger partial charge on any atom is -0.497 e. The van der Waals surface area contributed by atoms with Crippen LogP contribution in [0.2, 0.25) is 0 Å². The van der Waals surface area contributed by atoms with E-state index in [1.165, 1.54) is 12.0 Å². The maximum Gasteiger partial charge on any atom is 0.316 e. The molecule has 3 aromatic rings. The van der Waals surface area contributed by atoms with Crippen molar-refractivity contribution in [2.45, 2.75) is 30.3 Å². The lowest BCUT2D eigenvalue weighted by atomic mass is 9.92. The third-order valence-corrected chi connectivity index (χ3v) is 6.90. The van der Waals surface area contributed by atoms with Crippen LogP contribution in [-0.4, -0.2) is 59.8 Å². The molecule has 3 amide bonds. The number of fused-ring (bicyclic) bond motifs is 1. The lowest BCUT2D eigenvalue weighted by molar-refractivity contribution is -0.129. The molecule has 2 atom stereocenters. The second kappa shape index (κ2) is 9.34. The number of carbonyl (C=O) groups excluding carboxylic acids is 2. The summed E-state index contributed by atoms with van der Waals surface area (Å²) < 4.78 is 34.7. The zero-order chi connectivity index (χ0) is 25.4. The molecule has 3 N–H and O–H groups in total. The highest BCUT2D eigenvalue weighted by molar-refractivity contribution is 5.90. The number of likely N-dealkylation sites (tertiary alicyclic amines) is 1. The number of β-amino-alcohol motifs (C(OH)–C–C–N with tert-alkyl or cyclic N) is 1. The van der Waals surface area contributed by atoms with Gasteiger partial charge in [-0.3, -0.25) is 9.78 Å². The topological polar surface area (TPSA) is 104 Å². The van der Waals surface area contributed by atoms with Crippen molar-refractivity contribution in [2.75, 3.05) is 26.8 Å². The quantitative estimate of drug-likeness (QED) is 0.467. The molecule has 1 aliphatic carbocycles. The molecule has 10 heteroatoms. The van der Waals surface area contributed by atoms with E-state index in [1.807, 2.05) is 36.4 Å². The van der Waals surface area contributed by atoms with Crippen LogP contribution in [0.5, 0.6) is 5.75 Å². The number of amides is 3. The monoisotopic (exact) mass is 496 g/mol. The molecule has 36 heavy (non-hydrogen) atoms. The van der Waals surface area contributed by atoms with Gasteiger partial charge in [0.15, 0.2) is 0 Å². The summed E-state index contributed by atoms with van der Waals surface area (Å²) in [5, 5.41) is 15.9.